The second kappa shape index (κ2) is 10.8. The van der Waals surface area contributed by atoms with E-state index in [1.54, 1.807) is 0 Å². The Kier molecular flexibility index (Phi) is 12.0. The maximum Gasteiger partial charge on any atom is 0.469 e. The van der Waals surface area contributed by atoms with Gasteiger partial charge in [-0.25, -0.2) is 4.57 Å². The van der Waals surface area contributed by atoms with Gasteiger partial charge in [0.15, 0.2) is 0 Å². The fourth-order valence-corrected chi connectivity index (χ4v) is 0.885. The van der Waals surface area contributed by atoms with Crippen molar-refractivity contribution in [3.05, 3.63) is 25.5 Å². The van der Waals surface area contributed by atoms with Crippen LogP contribution in [0.25, 0.3) is 0 Å². The first-order valence-electron chi connectivity index (χ1n) is 4.19. The van der Waals surface area contributed by atoms with Crippen molar-refractivity contribution in [1.82, 2.24) is 0 Å². The molecule has 0 aliphatic heterocycles. The van der Waals surface area contributed by atoms with Crippen LogP contribution in [0.3, 0.4) is 0 Å². The summed E-state index contributed by atoms with van der Waals surface area (Å²) in [4.78, 5) is 16.5. The molecule has 0 radical (unpaired) electrons. The first-order chi connectivity index (χ1) is 7.37. The van der Waals surface area contributed by atoms with E-state index >= 15 is 0 Å². The lowest BCUT2D eigenvalue weighted by Gasteiger charge is -2.11. The van der Waals surface area contributed by atoms with Gasteiger partial charge in [-0.1, -0.05) is 12.7 Å². The van der Waals surface area contributed by atoms with E-state index in [1.807, 2.05) is 0 Å². The van der Waals surface area contributed by atoms with E-state index in [0.29, 0.717) is 0 Å². The smallest absolute Gasteiger partial charge is 0.469 e. The Bertz CT molecular complexity index is 224. The average Bonchev–Trinajstić information content (AvgIpc) is 2.15. The van der Waals surface area contributed by atoms with Gasteiger partial charge in [-0.2, -0.15) is 0 Å². The van der Waals surface area contributed by atoms with Gasteiger partial charge in [0, 0.05) is 0 Å². The highest BCUT2D eigenvalue weighted by atomic mass is 31.2. The zero-order valence-electron chi connectivity index (χ0n) is 8.73. The van der Waals surface area contributed by atoms with E-state index in [-0.39, 0.29) is 13.2 Å². The topological polar surface area (TPSA) is 116 Å². The summed E-state index contributed by atoms with van der Waals surface area (Å²) in [6.07, 6.45) is 1.20. The van der Waals surface area contributed by atoms with Crippen molar-refractivity contribution in [2.75, 3.05) is 19.8 Å². The van der Waals surface area contributed by atoms with E-state index < -0.39 is 20.5 Å². The van der Waals surface area contributed by atoms with Crippen LogP contribution in [0.5, 0.6) is 0 Å². The number of ether oxygens (including phenoxy) is 1. The first kappa shape index (κ1) is 17.7. The van der Waals surface area contributed by atoms with Crippen molar-refractivity contribution in [3.63, 3.8) is 0 Å². The molecule has 7 nitrogen and oxygen atoms in total. The van der Waals surface area contributed by atoms with Crippen LogP contribution >= 0.6 is 7.82 Å². The van der Waals surface area contributed by atoms with E-state index in [9.17, 15) is 4.57 Å². The van der Waals surface area contributed by atoms with Gasteiger partial charge >= 0.3 is 7.82 Å². The minimum atomic E-state index is -4.49. The SMILES string of the molecule is C=CCOCC(O)COP(=O)(O)O.C=CO. The third kappa shape index (κ3) is 19.0. The molecule has 4 N–H and O–H groups in total. The van der Waals surface area contributed by atoms with E-state index in [2.05, 4.69) is 17.7 Å². The maximum absolute atomic E-state index is 10.2. The first-order valence-corrected chi connectivity index (χ1v) is 5.72. The summed E-state index contributed by atoms with van der Waals surface area (Å²) in [6.45, 7) is 6.06. The summed E-state index contributed by atoms with van der Waals surface area (Å²) in [5.74, 6) is 0. The fraction of sp³-hybridized carbons (Fsp3) is 0.500. The lowest BCUT2D eigenvalue weighted by atomic mass is 10.4. The molecule has 0 rings (SSSR count). The molecule has 1 unspecified atom stereocenters. The number of rotatable bonds is 7. The molecule has 0 fully saturated rings. The molecule has 1 atom stereocenters. The molecular formula is C8H17O7P. The van der Waals surface area contributed by atoms with Gasteiger partial charge in [-0.15, -0.1) is 6.58 Å². The van der Waals surface area contributed by atoms with Crippen molar-refractivity contribution < 1.29 is 33.8 Å². The van der Waals surface area contributed by atoms with Crippen LogP contribution in [0, 0.1) is 0 Å². The van der Waals surface area contributed by atoms with E-state index in [4.69, 9.17) is 24.7 Å². The molecule has 16 heavy (non-hydrogen) atoms. The van der Waals surface area contributed by atoms with Crippen LogP contribution in [0.4, 0.5) is 0 Å². The minimum absolute atomic E-state index is 0.0496. The van der Waals surface area contributed by atoms with Crippen LogP contribution in [0.1, 0.15) is 0 Å². The molecule has 0 amide bonds. The summed E-state index contributed by atoms with van der Waals surface area (Å²) in [6, 6.07) is 0. The van der Waals surface area contributed by atoms with Crippen molar-refractivity contribution in [2.45, 2.75) is 6.10 Å². The fourth-order valence-electron chi connectivity index (χ4n) is 0.519. The molecule has 0 heterocycles. The van der Waals surface area contributed by atoms with Crippen molar-refractivity contribution in [3.8, 4) is 0 Å². The monoisotopic (exact) mass is 256 g/mol. The minimum Gasteiger partial charge on any atom is -0.516 e. The Morgan fingerprint density at radius 1 is 1.31 bits per heavy atom. The molecule has 0 spiro atoms. The highest BCUT2D eigenvalue weighted by Gasteiger charge is 2.16. The van der Waals surface area contributed by atoms with E-state index in [0.717, 1.165) is 6.26 Å². The number of phosphoric acid groups is 1. The predicted octanol–water partition coefficient (Wildman–Crippen LogP) is 0.347. The zero-order valence-corrected chi connectivity index (χ0v) is 9.62. The lowest BCUT2D eigenvalue weighted by molar-refractivity contribution is 0.0140. The summed E-state index contributed by atoms with van der Waals surface area (Å²) < 4.78 is 19.0. The van der Waals surface area contributed by atoms with Gasteiger partial charge in [0.2, 0.25) is 0 Å². The van der Waals surface area contributed by atoms with Crippen LogP contribution in [0.15, 0.2) is 25.5 Å². The molecule has 96 valence electrons. The average molecular weight is 256 g/mol. The Morgan fingerprint density at radius 3 is 2.19 bits per heavy atom. The van der Waals surface area contributed by atoms with Crippen molar-refractivity contribution in [2.24, 2.45) is 0 Å². The highest BCUT2D eigenvalue weighted by Crippen LogP contribution is 2.35. The summed E-state index contributed by atoms with van der Waals surface area (Å²) in [7, 11) is -4.49. The second-order valence-corrected chi connectivity index (χ2v) is 3.69. The largest absolute Gasteiger partial charge is 0.516 e. The van der Waals surface area contributed by atoms with Gasteiger partial charge < -0.3 is 24.7 Å². The van der Waals surface area contributed by atoms with Gasteiger partial charge in [-0.05, 0) is 0 Å². The molecule has 0 bridgehead atoms. The number of aliphatic hydroxyl groups excluding tert-OH is 2. The summed E-state index contributed by atoms with van der Waals surface area (Å²) >= 11 is 0. The third-order valence-electron chi connectivity index (χ3n) is 0.981. The van der Waals surface area contributed by atoms with Gasteiger partial charge in [0.25, 0.3) is 0 Å². The third-order valence-corrected chi connectivity index (χ3v) is 1.47. The van der Waals surface area contributed by atoms with Gasteiger partial charge in [-0.3, -0.25) is 4.52 Å². The van der Waals surface area contributed by atoms with Crippen LogP contribution in [-0.2, 0) is 13.8 Å². The number of hydrogen-bond acceptors (Lipinski definition) is 5. The Balaban J connectivity index is 0. The Hall–Kier alpha value is -0.690. The standard InChI is InChI=1S/C6H13O6P.C2H4O/c1-2-3-11-4-6(7)5-12-13(8,9)10;1-2-3/h2,6-7H,1,3-5H2,(H2,8,9,10);2-3H,1H2. The lowest BCUT2D eigenvalue weighted by Crippen LogP contribution is -2.21. The molecule has 0 aromatic rings. The molecule has 0 saturated carbocycles. The van der Waals surface area contributed by atoms with Crippen LogP contribution in [0.2, 0.25) is 0 Å². The molecular weight excluding hydrogens is 239 g/mol. The molecule has 0 saturated heterocycles. The second-order valence-electron chi connectivity index (χ2n) is 2.45. The van der Waals surface area contributed by atoms with Gasteiger partial charge in [0.1, 0.15) is 6.10 Å². The Labute approximate surface area is 93.9 Å². The molecule has 0 aliphatic rings. The highest BCUT2D eigenvalue weighted by molar-refractivity contribution is 7.46. The van der Waals surface area contributed by atoms with Gasteiger partial charge in [0.05, 0.1) is 26.1 Å². The normalized spacial score (nSPS) is 12.2. The molecule has 0 aliphatic carbocycles. The van der Waals surface area contributed by atoms with Crippen LogP contribution < -0.4 is 0 Å². The molecule has 0 aromatic carbocycles. The quantitative estimate of drug-likeness (QED) is 0.225. The zero-order chi connectivity index (χ0) is 13.0. The summed E-state index contributed by atoms with van der Waals surface area (Å²) in [5, 5.41) is 16.3. The Morgan fingerprint density at radius 2 is 1.81 bits per heavy atom. The van der Waals surface area contributed by atoms with E-state index in [1.165, 1.54) is 6.08 Å². The van der Waals surface area contributed by atoms with Crippen molar-refractivity contribution in [1.29, 1.82) is 0 Å². The molecule has 0 aromatic heterocycles. The maximum atomic E-state index is 10.2. The number of hydrogen-bond donors (Lipinski definition) is 4. The number of aliphatic hydroxyl groups is 2. The van der Waals surface area contributed by atoms with Crippen molar-refractivity contribution >= 4 is 7.82 Å². The predicted molar refractivity (Wildman–Crippen MR) is 57.8 cm³/mol. The number of phosphoric ester groups is 1. The molecule has 8 heteroatoms. The summed E-state index contributed by atoms with van der Waals surface area (Å²) in [5.41, 5.74) is 0. The van der Waals surface area contributed by atoms with Crippen LogP contribution in [-0.4, -0.2) is 45.9 Å².